The summed E-state index contributed by atoms with van der Waals surface area (Å²) in [6.07, 6.45) is 5.60. The number of aliphatic hydroxyl groups is 1. The summed E-state index contributed by atoms with van der Waals surface area (Å²) in [5, 5.41) is 9.08. The number of hydrogen-bond donors (Lipinski definition) is 1. The van der Waals surface area contributed by atoms with Gasteiger partial charge < -0.3 is 9.84 Å². The second-order valence-corrected chi connectivity index (χ2v) is 3.62. The molecule has 1 N–H and O–H groups in total. The molecule has 1 aromatic heterocycles. The van der Waals surface area contributed by atoms with Crippen LogP contribution < -0.4 is 4.74 Å². The third-order valence-electron chi connectivity index (χ3n) is 2.57. The number of aromatic nitrogens is 2. The second-order valence-electron chi connectivity index (χ2n) is 3.62. The Bertz CT molecular complexity index is 486. The van der Waals surface area contributed by atoms with Crippen LogP contribution in [-0.4, -0.2) is 28.8 Å². The van der Waals surface area contributed by atoms with Crippen molar-refractivity contribution in [3.05, 3.63) is 42.5 Å². The molecule has 0 aliphatic heterocycles. The van der Waals surface area contributed by atoms with Crippen LogP contribution in [0.1, 0.15) is 5.56 Å². The highest BCUT2D eigenvalue weighted by Crippen LogP contribution is 2.26. The summed E-state index contributed by atoms with van der Waals surface area (Å²) in [5.74, 6) is 0.786. The average Bonchev–Trinajstić information content (AvgIpc) is 2.40. The van der Waals surface area contributed by atoms with E-state index in [1.54, 1.807) is 19.5 Å². The molecule has 1 heterocycles. The van der Waals surface area contributed by atoms with Crippen LogP contribution in [0.15, 0.2) is 36.9 Å². The third kappa shape index (κ3) is 2.60. The van der Waals surface area contributed by atoms with Crippen molar-refractivity contribution in [1.29, 1.82) is 0 Å². The van der Waals surface area contributed by atoms with E-state index < -0.39 is 0 Å². The molecule has 0 unspecified atom stereocenters. The van der Waals surface area contributed by atoms with E-state index in [1.807, 2.05) is 18.2 Å². The van der Waals surface area contributed by atoms with Gasteiger partial charge in [0.1, 0.15) is 12.1 Å². The first-order chi connectivity index (χ1) is 8.35. The van der Waals surface area contributed by atoms with Gasteiger partial charge in [-0.15, -0.1) is 0 Å². The Hall–Kier alpha value is -1.94. The summed E-state index contributed by atoms with van der Waals surface area (Å²) in [6, 6.07) is 5.78. The predicted octanol–water partition coefficient (Wildman–Crippen LogP) is 1.69. The van der Waals surface area contributed by atoms with Crippen molar-refractivity contribution in [2.24, 2.45) is 0 Å². The maximum absolute atomic E-state index is 9.08. The van der Waals surface area contributed by atoms with E-state index in [0.29, 0.717) is 6.42 Å². The molecule has 0 atom stereocenters. The van der Waals surface area contributed by atoms with Gasteiger partial charge in [0, 0.05) is 24.6 Å². The van der Waals surface area contributed by atoms with E-state index in [0.717, 1.165) is 22.4 Å². The van der Waals surface area contributed by atoms with Gasteiger partial charge in [-0.3, -0.25) is 0 Å². The molecule has 0 radical (unpaired) electrons. The number of benzene rings is 1. The summed E-state index contributed by atoms with van der Waals surface area (Å²) < 4.78 is 5.18. The van der Waals surface area contributed by atoms with Gasteiger partial charge in [-0.25, -0.2) is 9.97 Å². The number of rotatable bonds is 4. The van der Waals surface area contributed by atoms with Crippen LogP contribution >= 0.6 is 0 Å². The largest absolute Gasteiger partial charge is 0.497 e. The average molecular weight is 230 g/mol. The first-order valence-electron chi connectivity index (χ1n) is 5.38. The molecule has 0 amide bonds. The fourth-order valence-corrected chi connectivity index (χ4v) is 1.74. The molecular weight excluding hydrogens is 216 g/mol. The van der Waals surface area contributed by atoms with Gasteiger partial charge in [0.05, 0.1) is 7.11 Å². The van der Waals surface area contributed by atoms with Crippen LogP contribution in [0.5, 0.6) is 5.75 Å². The molecule has 0 bridgehead atoms. The number of nitrogens with zero attached hydrogens (tertiary/aromatic N) is 2. The fraction of sp³-hybridized carbons (Fsp3) is 0.231. The predicted molar refractivity (Wildman–Crippen MR) is 64.8 cm³/mol. The van der Waals surface area contributed by atoms with Gasteiger partial charge >= 0.3 is 0 Å². The molecule has 4 heteroatoms. The Morgan fingerprint density at radius 3 is 2.65 bits per heavy atom. The van der Waals surface area contributed by atoms with Gasteiger partial charge in [0.15, 0.2) is 0 Å². The monoisotopic (exact) mass is 230 g/mol. The highest BCUT2D eigenvalue weighted by Gasteiger charge is 2.06. The molecule has 17 heavy (non-hydrogen) atoms. The molecule has 0 saturated carbocycles. The zero-order chi connectivity index (χ0) is 12.1. The van der Waals surface area contributed by atoms with Crippen molar-refractivity contribution in [3.63, 3.8) is 0 Å². The molecule has 0 saturated heterocycles. The maximum Gasteiger partial charge on any atom is 0.119 e. The van der Waals surface area contributed by atoms with E-state index in [9.17, 15) is 0 Å². The molecule has 2 aromatic rings. The molecule has 4 nitrogen and oxygen atoms in total. The van der Waals surface area contributed by atoms with Crippen molar-refractivity contribution < 1.29 is 9.84 Å². The molecule has 1 aromatic carbocycles. The Labute approximate surface area is 99.9 Å². The van der Waals surface area contributed by atoms with Crippen LogP contribution in [0.2, 0.25) is 0 Å². The summed E-state index contributed by atoms with van der Waals surface area (Å²) in [7, 11) is 1.63. The highest BCUT2D eigenvalue weighted by atomic mass is 16.5. The molecular formula is C13H14N2O2. The lowest BCUT2D eigenvalue weighted by Crippen LogP contribution is -1.96. The zero-order valence-corrected chi connectivity index (χ0v) is 9.63. The second kappa shape index (κ2) is 5.41. The van der Waals surface area contributed by atoms with Crippen LogP contribution in [-0.2, 0) is 6.42 Å². The van der Waals surface area contributed by atoms with Crippen LogP contribution in [0.3, 0.4) is 0 Å². The number of ether oxygens (including phenoxy) is 1. The lowest BCUT2D eigenvalue weighted by Gasteiger charge is -2.10. The van der Waals surface area contributed by atoms with Crippen molar-refractivity contribution in [1.82, 2.24) is 9.97 Å². The summed E-state index contributed by atoms with van der Waals surface area (Å²) in [5.41, 5.74) is 3.00. The molecule has 0 spiro atoms. The van der Waals surface area contributed by atoms with Crippen LogP contribution in [0, 0.1) is 0 Å². The normalized spacial score (nSPS) is 10.2. The minimum absolute atomic E-state index is 0.105. The van der Waals surface area contributed by atoms with Crippen molar-refractivity contribution in [2.75, 3.05) is 13.7 Å². The van der Waals surface area contributed by atoms with Crippen molar-refractivity contribution >= 4 is 0 Å². The lowest BCUT2D eigenvalue weighted by atomic mass is 10.00. The number of methoxy groups -OCH3 is 1. The van der Waals surface area contributed by atoms with E-state index in [4.69, 9.17) is 9.84 Å². The minimum atomic E-state index is 0.105. The summed E-state index contributed by atoms with van der Waals surface area (Å²) in [4.78, 5) is 8.00. The SMILES string of the molecule is COc1ccc(-c2cncnc2)c(CCO)c1. The Morgan fingerprint density at radius 1 is 1.24 bits per heavy atom. The van der Waals surface area contributed by atoms with Gasteiger partial charge in [-0.2, -0.15) is 0 Å². The Kier molecular flexibility index (Phi) is 3.67. The zero-order valence-electron chi connectivity index (χ0n) is 9.63. The lowest BCUT2D eigenvalue weighted by molar-refractivity contribution is 0.299. The molecule has 88 valence electrons. The first kappa shape index (κ1) is 11.5. The maximum atomic E-state index is 9.08. The van der Waals surface area contributed by atoms with Crippen LogP contribution in [0.25, 0.3) is 11.1 Å². The smallest absolute Gasteiger partial charge is 0.119 e. The van der Waals surface area contributed by atoms with Gasteiger partial charge in [-0.1, -0.05) is 6.07 Å². The van der Waals surface area contributed by atoms with E-state index in [1.165, 1.54) is 6.33 Å². The third-order valence-corrected chi connectivity index (χ3v) is 2.57. The van der Waals surface area contributed by atoms with Crippen LogP contribution in [0.4, 0.5) is 0 Å². The van der Waals surface area contributed by atoms with Gasteiger partial charge in [-0.05, 0) is 29.7 Å². The quantitative estimate of drug-likeness (QED) is 0.868. The fourth-order valence-electron chi connectivity index (χ4n) is 1.74. The van der Waals surface area contributed by atoms with E-state index in [2.05, 4.69) is 9.97 Å². The topological polar surface area (TPSA) is 55.2 Å². The Morgan fingerprint density at radius 2 is 2.00 bits per heavy atom. The first-order valence-corrected chi connectivity index (χ1v) is 5.38. The highest BCUT2D eigenvalue weighted by molar-refractivity contribution is 5.67. The Balaban J connectivity index is 2.46. The number of aliphatic hydroxyl groups excluding tert-OH is 1. The molecule has 2 rings (SSSR count). The van der Waals surface area contributed by atoms with Crippen molar-refractivity contribution in [3.8, 4) is 16.9 Å². The van der Waals surface area contributed by atoms with Gasteiger partial charge in [0.25, 0.3) is 0 Å². The van der Waals surface area contributed by atoms with E-state index in [-0.39, 0.29) is 6.61 Å². The number of hydrogen-bond acceptors (Lipinski definition) is 4. The van der Waals surface area contributed by atoms with E-state index >= 15 is 0 Å². The molecule has 0 fully saturated rings. The molecule has 0 aliphatic rings. The minimum Gasteiger partial charge on any atom is -0.497 e. The summed E-state index contributed by atoms with van der Waals surface area (Å²) in [6.45, 7) is 0.105. The van der Waals surface area contributed by atoms with Crippen molar-refractivity contribution in [2.45, 2.75) is 6.42 Å². The summed E-state index contributed by atoms with van der Waals surface area (Å²) >= 11 is 0. The molecule has 0 aliphatic carbocycles. The standard InChI is InChI=1S/C13H14N2O2/c1-17-12-2-3-13(10(6-12)4-5-16)11-7-14-9-15-8-11/h2-3,6-9,16H,4-5H2,1H3. The van der Waals surface area contributed by atoms with Gasteiger partial charge in [0.2, 0.25) is 0 Å².